The molecule has 30 heavy (non-hydrogen) atoms. The number of hydrogen-bond donors (Lipinski definition) is 0. The highest BCUT2D eigenvalue weighted by molar-refractivity contribution is 6.04. The number of ether oxygens (including phenoxy) is 2. The lowest BCUT2D eigenvalue weighted by molar-refractivity contribution is 0.0736. The third-order valence-electron chi connectivity index (χ3n) is 4.88. The molecular weight excluding hydrogens is 378 g/mol. The second-order valence-electron chi connectivity index (χ2n) is 7.18. The minimum Gasteiger partial charge on any atom is -0.497 e. The normalized spacial score (nSPS) is 10.8. The van der Waals surface area contributed by atoms with Crippen LogP contribution in [0.3, 0.4) is 0 Å². The molecule has 0 atom stereocenters. The topological polar surface area (TPSA) is 57.5 Å². The number of nitrogens with zero attached hydrogens (tertiary/aromatic N) is 1. The molecule has 0 bridgehead atoms. The van der Waals surface area contributed by atoms with E-state index in [0.29, 0.717) is 33.5 Å². The van der Waals surface area contributed by atoms with E-state index in [1.54, 1.807) is 55.6 Å². The van der Waals surface area contributed by atoms with Gasteiger partial charge in [0.2, 0.25) is 0 Å². The fourth-order valence-corrected chi connectivity index (χ4v) is 3.56. The number of fused-ring (bicyclic) bond motifs is 1. The second-order valence-corrected chi connectivity index (χ2v) is 7.18. The van der Waals surface area contributed by atoms with Crippen LogP contribution in [0.1, 0.15) is 21.5 Å². The van der Waals surface area contributed by atoms with Crippen molar-refractivity contribution < 1.29 is 14.3 Å². The number of hydrogen-bond acceptors (Lipinski definition) is 4. The summed E-state index contributed by atoms with van der Waals surface area (Å²) in [6.07, 6.45) is 1.53. The largest absolute Gasteiger partial charge is 0.497 e. The highest BCUT2D eigenvalue weighted by Crippen LogP contribution is 2.23. The van der Waals surface area contributed by atoms with Crippen LogP contribution in [0.25, 0.3) is 16.5 Å². The van der Waals surface area contributed by atoms with Gasteiger partial charge in [0.1, 0.15) is 11.5 Å². The van der Waals surface area contributed by atoms with Crippen LogP contribution in [0.2, 0.25) is 0 Å². The Labute approximate surface area is 174 Å². The van der Waals surface area contributed by atoms with Crippen molar-refractivity contribution in [3.63, 3.8) is 0 Å². The third-order valence-corrected chi connectivity index (χ3v) is 4.88. The lowest BCUT2D eigenvalue weighted by Gasteiger charge is -2.13. The Bertz CT molecular complexity index is 1300. The number of methoxy groups -OCH3 is 1. The van der Waals surface area contributed by atoms with Crippen molar-refractivity contribution in [2.24, 2.45) is 0 Å². The summed E-state index contributed by atoms with van der Waals surface area (Å²) in [7, 11) is 1.56. The minimum atomic E-state index is -0.521. The maximum atomic E-state index is 13.1. The van der Waals surface area contributed by atoms with Gasteiger partial charge in [0, 0.05) is 23.0 Å². The molecule has 0 fully saturated rings. The maximum absolute atomic E-state index is 13.1. The lowest BCUT2D eigenvalue weighted by Crippen LogP contribution is -2.22. The Morgan fingerprint density at radius 3 is 2.23 bits per heavy atom. The van der Waals surface area contributed by atoms with Gasteiger partial charge in [-0.15, -0.1) is 0 Å². The van der Waals surface area contributed by atoms with Gasteiger partial charge in [-0.2, -0.15) is 0 Å². The number of pyridine rings is 1. The second kappa shape index (κ2) is 7.87. The maximum Gasteiger partial charge on any atom is 0.345 e. The van der Waals surface area contributed by atoms with Crippen LogP contribution in [0, 0.1) is 13.8 Å². The molecule has 0 aliphatic heterocycles. The lowest BCUT2D eigenvalue weighted by atomic mass is 10.1. The molecule has 5 nitrogen and oxygen atoms in total. The van der Waals surface area contributed by atoms with Crippen molar-refractivity contribution in [1.82, 2.24) is 4.57 Å². The van der Waals surface area contributed by atoms with Crippen molar-refractivity contribution in [2.75, 3.05) is 7.11 Å². The highest BCUT2D eigenvalue weighted by Gasteiger charge is 2.18. The van der Waals surface area contributed by atoms with E-state index in [1.807, 2.05) is 32.0 Å². The summed E-state index contributed by atoms with van der Waals surface area (Å²) in [5.41, 5.74) is 2.70. The van der Waals surface area contributed by atoms with E-state index in [-0.39, 0.29) is 5.56 Å². The molecule has 4 rings (SSSR count). The van der Waals surface area contributed by atoms with Gasteiger partial charge in [-0.25, -0.2) is 4.79 Å². The van der Waals surface area contributed by atoms with Gasteiger partial charge in [0.25, 0.3) is 5.56 Å². The van der Waals surface area contributed by atoms with Crippen LogP contribution in [0.5, 0.6) is 11.5 Å². The molecule has 150 valence electrons. The summed E-state index contributed by atoms with van der Waals surface area (Å²) < 4.78 is 12.4. The summed E-state index contributed by atoms with van der Waals surface area (Å²) >= 11 is 0. The summed E-state index contributed by atoms with van der Waals surface area (Å²) in [6, 6.07) is 19.8. The van der Waals surface area contributed by atoms with E-state index in [0.717, 1.165) is 11.1 Å². The third kappa shape index (κ3) is 3.70. The average Bonchev–Trinajstić information content (AvgIpc) is 2.73. The van der Waals surface area contributed by atoms with Crippen LogP contribution < -0.4 is 15.0 Å². The number of rotatable bonds is 4. The first kappa shape index (κ1) is 19.5. The Morgan fingerprint density at radius 1 is 0.833 bits per heavy atom. The van der Waals surface area contributed by atoms with Gasteiger partial charge in [0.15, 0.2) is 0 Å². The zero-order valence-electron chi connectivity index (χ0n) is 17.0. The molecule has 3 aromatic carbocycles. The average molecular weight is 399 g/mol. The molecule has 1 heterocycles. The number of carbonyl (C=O) groups is 1. The summed E-state index contributed by atoms with van der Waals surface area (Å²) in [5.74, 6) is 0.570. The Kier molecular flexibility index (Phi) is 5.11. The van der Waals surface area contributed by atoms with E-state index in [2.05, 4.69) is 0 Å². The van der Waals surface area contributed by atoms with E-state index < -0.39 is 5.97 Å². The van der Waals surface area contributed by atoms with Crippen molar-refractivity contribution in [2.45, 2.75) is 13.8 Å². The standard InChI is InChI=1S/C25H21NO4/c1-16-11-17(2)13-20(12-16)30-25(28)23-15-26(18-7-6-8-19(14-18)29-3)24(27)22-10-5-4-9-21(22)23/h4-15H,1-3H3. The molecule has 1 aromatic heterocycles. The van der Waals surface area contributed by atoms with Crippen molar-refractivity contribution in [1.29, 1.82) is 0 Å². The molecule has 0 radical (unpaired) electrons. The molecule has 0 saturated heterocycles. The van der Waals surface area contributed by atoms with Crippen molar-refractivity contribution in [3.05, 3.63) is 100.0 Å². The van der Waals surface area contributed by atoms with Crippen LogP contribution in [0.4, 0.5) is 0 Å². The first-order chi connectivity index (χ1) is 14.5. The van der Waals surface area contributed by atoms with E-state index in [9.17, 15) is 9.59 Å². The first-order valence-electron chi connectivity index (χ1n) is 9.55. The molecular formula is C25H21NO4. The van der Waals surface area contributed by atoms with Gasteiger partial charge in [0.05, 0.1) is 18.4 Å². The number of carbonyl (C=O) groups excluding carboxylic acids is 1. The molecule has 5 heteroatoms. The zero-order chi connectivity index (χ0) is 21.3. The van der Waals surface area contributed by atoms with E-state index in [1.165, 1.54) is 10.8 Å². The van der Waals surface area contributed by atoms with Crippen molar-refractivity contribution in [3.8, 4) is 17.2 Å². The minimum absolute atomic E-state index is 0.221. The van der Waals surface area contributed by atoms with Gasteiger partial charge >= 0.3 is 5.97 Å². The SMILES string of the molecule is COc1cccc(-n2cc(C(=O)Oc3cc(C)cc(C)c3)c3ccccc3c2=O)c1. The Balaban J connectivity index is 1.87. The smallest absolute Gasteiger partial charge is 0.345 e. The molecule has 0 saturated carbocycles. The Morgan fingerprint density at radius 2 is 1.53 bits per heavy atom. The van der Waals surface area contributed by atoms with Crippen LogP contribution in [-0.4, -0.2) is 17.6 Å². The predicted molar refractivity (Wildman–Crippen MR) is 117 cm³/mol. The Hall–Kier alpha value is -3.86. The number of aromatic nitrogens is 1. The van der Waals surface area contributed by atoms with Gasteiger partial charge in [-0.05, 0) is 55.3 Å². The summed E-state index contributed by atoms with van der Waals surface area (Å²) in [6.45, 7) is 3.89. The molecule has 0 spiro atoms. The number of aryl methyl sites for hydroxylation is 2. The predicted octanol–water partition coefficient (Wildman–Crippen LogP) is 4.84. The fraction of sp³-hybridized carbons (Fsp3) is 0.120. The van der Waals surface area contributed by atoms with E-state index in [4.69, 9.17) is 9.47 Å². The van der Waals surface area contributed by atoms with Crippen LogP contribution in [0.15, 0.2) is 77.7 Å². The van der Waals surface area contributed by atoms with Crippen LogP contribution in [-0.2, 0) is 0 Å². The molecule has 4 aromatic rings. The van der Waals surface area contributed by atoms with Crippen molar-refractivity contribution >= 4 is 16.7 Å². The van der Waals surface area contributed by atoms with Gasteiger partial charge in [-0.1, -0.05) is 30.3 Å². The number of esters is 1. The quantitative estimate of drug-likeness (QED) is 0.364. The van der Waals surface area contributed by atoms with Gasteiger partial charge in [-0.3, -0.25) is 9.36 Å². The number of benzene rings is 3. The molecule has 0 unspecified atom stereocenters. The fourth-order valence-electron chi connectivity index (χ4n) is 3.56. The molecule has 0 amide bonds. The monoisotopic (exact) mass is 399 g/mol. The van der Waals surface area contributed by atoms with Gasteiger partial charge < -0.3 is 9.47 Å². The summed E-state index contributed by atoms with van der Waals surface area (Å²) in [5, 5.41) is 0.992. The molecule has 0 aliphatic rings. The molecule has 0 N–H and O–H groups in total. The zero-order valence-corrected chi connectivity index (χ0v) is 17.0. The van der Waals surface area contributed by atoms with E-state index >= 15 is 0 Å². The molecule has 0 aliphatic carbocycles. The first-order valence-corrected chi connectivity index (χ1v) is 9.55. The van der Waals surface area contributed by atoms with Crippen LogP contribution >= 0.6 is 0 Å². The summed E-state index contributed by atoms with van der Waals surface area (Å²) in [4.78, 5) is 26.2. The highest BCUT2D eigenvalue weighted by atomic mass is 16.5.